The van der Waals surface area contributed by atoms with Crippen molar-refractivity contribution in [1.29, 1.82) is 0 Å². The van der Waals surface area contributed by atoms with Crippen molar-refractivity contribution in [3.8, 4) is 0 Å². The Labute approximate surface area is 97.0 Å². The topological polar surface area (TPSA) is 55.1 Å². The number of amides is 1. The summed E-state index contributed by atoms with van der Waals surface area (Å²) in [5.41, 5.74) is 6.65. The summed E-state index contributed by atoms with van der Waals surface area (Å²) in [5, 5.41) is 2.98. The lowest BCUT2D eigenvalue weighted by Gasteiger charge is -2.18. The Morgan fingerprint density at radius 1 is 1.38 bits per heavy atom. The highest BCUT2D eigenvalue weighted by Gasteiger charge is 2.16. The first-order valence-corrected chi connectivity index (χ1v) is 5.74. The van der Waals surface area contributed by atoms with Crippen LogP contribution in [-0.4, -0.2) is 12.5 Å². The van der Waals surface area contributed by atoms with E-state index in [9.17, 15) is 4.79 Å². The molecule has 0 bridgehead atoms. The summed E-state index contributed by atoms with van der Waals surface area (Å²) >= 11 is 0. The maximum Gasteiger partial charge on any atom is 0.224 e. The number of nitrogens with one attached hydrogen (secondary N) is 1. The highest BCUT2D eigenvalue weighted by Crippen LogP contribution is 2.12. The van der Waals surface area contributed by atoms with Gasteiger partial charge in [-0.05, 0) is 18.9 Å². The molecule has 0 heterocycles. The largest absolute Gasteiger partial charge is 0.349 e. The minimum Gasteiger partial charge on any atom is -0.349 e. The monoisotopic (exact) mass is 220 g/mol. The van der Waals surface area contributed by atoms with Crippen molar-refractivity contribution in [1.82, 2.24) is 5.32 Å². The van der Waals surface area contributed by atoms with Crippen molar-refractivity contribution in [2.75, 3.05) is 6.54 Å². The van der Waals surface area contributed by atoms with E-state index in [1.807, 2.05) is 44.2 Å². The maximum absolute atomic E-state index is 11.8. The van der Waals surface area contributed by atoms with Gasteiger partial charge in [-0.15, -0.1) is 0 Å². The molecule has 0 radical (unpaired) electrons. The van der Waals surface area contributed by atoms with Crippen LogP contribution < -0.4 is 11.1 Å². The second kappa shape index (κ2) is 6.28. The highest BCUT2D eigenvalue weighted by molar-refractivity contribution is 5.79. The molecule has 1 amide bonds. The van der Waals surface area contributed by atoms with E-state index >= 15 is 0 Å². The van der Waals surface area contributed by atoms with E-state index in [-0.39, 0.29) is 17.9 Å². The van der Waals surface area contributed by atoms with Crippen molar-refractivity contribution in [3.63, 3.8) is 0 Å². The zero-order valence-electron chi connectivity index (χ0n) is 9.94. The lowest BCUT2D eigenvalue weighted by atomic mass is 10.0. The fourth-order valence-electron chi connectivity index (χ4n) is 1.62. The first-order chi connectivity index (χ1) is 7.69. The van der Waals surface area contributed by atoms with Crippen molar-refractivity contribution in [2.45, 2.75) is 26.3 Å². The Morgan fingerprint density at radius 3 is 2.50 bits per heavy atom. The quantitative estimate of drug-likeness (QED) is 0.795. The van der Waals surface area contributed by atoms with Gasteiger partial charge in [-0.25, -0.2) is 0 Å². The average Bonchev–Trinajstić information content (AvgIpc) is 2.31. The summed E-state index contributed by atoms with van der Waals surface area (Å²) in [4.78, 5) is 11.8. The van der Waals surface area contributed by atoms with Crippen LogP contribution in [0.4, 0.5) is 0 Å². The van der Waals surface area contributed by atoms with Gasteiger partial charge in [-0.2, -0.15) is 0 Å². The van der Waals surface area contributed by atoms with Crippen LogP contribution in [0.5, 0.6) is 0 Å². The molecule has 1 aromatic carbocycles. The summed E-state index contributed by atoms with van der Waals surface area (Å²) in [7, 11) is 0. The number of hydrogen-bond acceptors (Lipinski definition) is 2. The Morgan fingerprint density at radius 2 is 2.00 bits per heavy atom. The second-order valence-electron chi connectivity index (χ2n) is 3.98. The number of nitrogens with two attached hydrogens (primary N) is 1. The van der Waals surface area contributed by atoms with Crippen LogP contribution in [0.3, 0.4) is 0 Å². The Kier molecular flexibility index (Phi) is 4.99. The number of carbonyl (C=O) groups excluding carboxylic acids is 1. The molecule has 0 unspecified atom stereocenters. The van der Waals surface area contributed by atoms with Gasteiger partial charge in [-0.3, -0.25) is 4.79 Å². The van der Waals surface area contributed by atoms with E-state index in [1.54, 1.807) is 0 Å². The van der Waals surface area contributed by atoms with Crippen LogP contribution in [0.1, 0.15) is 31.9 Å². The van der Waals surface area contributed by atoms with Crippen LogP contribution in [0.25, 0.3) is 0 Å². The minimum absolute atomic E-state index is 0.0364. The van der Waals surface area contributed by atoms with E-state index in [1.165, 1.54) is 0 Å². The lowest BCUT2D eigenvalue weighted by molar-refractivity contribution is -0.125. The molecule has 16 heavy (non-hydrogen) atoms. The first-order valence-electron chi connectivity index (χ1n) is 5.74. The average molecular weight is 220 g/mol. The molecule has 0 saturated heterocycles. The highest BCUT2D eigenvalue weighted by atomic mass is 16.1. The second-order valence-corrected chi connectivity index (χ2v) is 3.98. The molecule has 0 aliphatic carbocycles. The Balaban J connectivity index is 2.58. The van der Waals surface area contributed by atoms with Gasteiger partial charge in [-0.1, -0.05) is 37.3 Å². The number of hydrogen-bond donors (Lipinski definition) is 2. The van der Waals surface area contributed by atoms with Crippen LogP contribution in [0.15, 0.2) is 30.3 Å². The Hall–Kier alpha value is -1.35. The number of rotatable bonds is 5. The molecule has 1 aromatic rings. The predicted octanol–water partition coefficient (Wildman–Crippen LogP) is 1.85. The van der Waals surface area contributed by atoms with Gasteiger partial charge in [0, 0.05) is 12.5 Å². The maximum atomic E-state index is 11.8. The van der Waals surface area contributed by atoms with Gasteiger partial charge in [0.1, 0.15) is 0 Å². The Bertz CT molecular complexity index is 320. The fourth-order valence-corrected chi connectivity index (χ4v) is 1.62. The van der Waals surface area contributed by atoms with Crippen LogP contribution >= 0.6 is 0 Å². The molecule has 3 heteroatoms. The number of carbonyl (C=O) groups is 1. The van der Waals surface area contributed by atoms with Gasteiger partial charge in [0.15, 0.2) is 0 Å². The molecular formula is C13H20N2O. The molecule has 0 aliphatic heterocycles. The van der Waals surface area contributed by atoms with E-state index in [2.05, 4.69) is 5.32 Å². The van der Waals surface area contributed by atoms with Gasteiger partial charge in [0.2, 0.25) is 5.91 Å². The molecule has 0 fully saturated rings. The van der Waals surface area contributed by atoms with Gasteiger partial charge in [0.25, 0.3) is 0 Å². The van der Waals surface area contributed by atoms with E-state index in [0.717, 1.165) is 12.0 Å². The molecule has 1 rings (SSSR count). The first kappa shape index (κ1) is 12.7. The van der Waals surface area contributed by atoms with E-state index in [0.29, 0.717) is 6.54 Å². The minimum atomic E-state index is -0.0776. The summed E-state index contributed by atoms with van der Waals surface area (Å²) in [6, 6.07) is 9.96. The summed E-state index contributed by atoms with van der Waals surface area (Å²) in [6.07, 6.45) is 0.782. The summed E-state index contributed by atoms with van der Waals surface area (Å²) < 4.78 is 0. The molecule has 3 nitrogen and oxygen atoms in total. The normalized spacial score (nSPS) is 14.2. The summed E-state index contributed by atoms with van der Waals surface area (Å²) in [6.45, 7) is 4.37. The number of benzene rings is 1. The van der Waals surface area contributed by atoms with E-state index < -0.39 is 0 Å². The summed E-state index contributed by atoms with van der Waals surface area (Å²) in [5.74, 6) is -0.0347. The third-order valence-corrected chi connectivity index (χ3v) is 2.81. The third kappa shape index (κ3) is 3.35. The van der Waals surface area contributed by atoms with Gasteiger partial charge >= 0.3 is 0 Å². The zero-order chi connectivity index (χ0) is 12.0. The van der Waals surface area contributed by atoms with Crippen molar-refractivity contribution in [3.05, 3.63) is 35.9 Å². The molecule has 3 N–H and O–H groups in total. The zero-order valence-corrected chi connectivity index (χ0v) is 9.94. The van der Waals surface area contributed by atoms with E-state index in [4.69, 9.17) is 5.73 Å². The smallest absolute Gasteiger partial charge is 0.224 e. The van der Waals surface area contributed by atoms with Gasteiger partial charge < -0.3 is 11.1 Å². The molecule has 2 atom stereocenters. The van der Waals surface area contributed by atoms with Gasteiger partial charge in [0.05, 0.1) is 6.04 Å². The van der Waals surface area contributed by atoms with Crippen molar-refractivity contribution in [2.24, 2.45) is 11.7 Å². The van der Waals surface area contributed by atoms with Crippen molar-refractivity contribution < 1.29 is 4.79 Å². The fraction of sp³-hybridized carbons (Fsp3) is 0.462. The van der Waals surface area contributed by atoms with Crippen LogP contribution in [0.2, 0.25) is 0 Å². The SMILES string of the molecule is CC[C@@H](CN)C(=O)N[C@@H](C)c1ccccc1. The molecular weight excluding hydrogens is 200 g/mol. The molecule has 0 spiro atoms. The molecule has 0 aromatic heterocycles. The standard InChI is InChI=1S/C13H20N2O/c1-3-11(9-14)13(16)15-10(2)12-7-5-4-6-8-12/h4-8,10-11H,3,9,14H2,1-2H3,(H,15,16)/t10-,11-/m0/s1. The van der Waals surface area contributed by atoms with Crippen LogP contribution in [-0.2, 0) is 4.79 Å². The molecule has 0 aliphatic rings. The molecule has 0 saturated carbocycles. The third-order valence-electron chi connectivity index (χ3n) is 2.81. The van der Waals surface area contributed by atoms with Crippen molar-refractivity contribution >= 4 is 5.91 Å². The lowest BCUT2D eigenvalue weighted by Crippen LogP contribution is -2.36. The predicted molar refractivity (Wildman–Crippen MR) is 65.8 cm³/mol. The van der Waals surface area contributed by atoms with Crippen LogP contribution in [0, 0.1) is 5.92 Å². The molecule has 88 valence electrons.